The van der Waals surface area contributed by atoms with Crippen LogP contribution in [-0.2, 0) is 21.2 Å². The number of hydrogen-bond acceptors (Lipinski definition) is 6. The first-order valence-corrected chi connectivity index (χ1v) is 8.91. The number of amides is 1. The summed E-state index contributed by atoms with van der Waals surface area (Å²) >= 11 is 0. The molecule has 0 unspecified atom stereocenters. The highest BCUT2D eigenvalue weighted by Crippen LogP contribution is 2.08. The Bertz CT molecular complexity index is 617. The van der Waals surface area contributed by atoms with Crippen molar-refractivity contribution < 1.29 is 17.9 Å². The summed E-state index contributed by atoms with van der Waals surface area (Å²) in [6, 6.07) is 0. The topological polar surface area (TPSA) is 101 Å². The van der Waals surface area contributed by atoms with E-state index in [0.29, 0.717) is 31.0 Å². The molecule has 0 aromatic carbocycles. The standard InChI is InChI=1S/C13H20N4O4S/c1-3-12-14-6-10(7-15-12)13(18)16-8-11-9-17(4-5-21-11)22(2,19)20/h6-7,11H,3-5,8-9H2,1-2H3,(H,16,18)/t11-/m1/s1. The van der Waals surface area contributed by atoms with E-state index in [1.165, 1.54) is 23.0 Å². The first-order chi connectivity index (χ1) is 10.4. The average Bonchev–Trinajstić information content (AvgIpc) is 2.52. The van der Waals surface area contributed by atoms with Gasteiger partial charge >= 0.3 is 0 Å². The summed E-state index contributed by atoms with van der Waals surface area (Å²) in [6.45, 7) is 3.07. The highest BCUT2D eigenvalue weighted by molar-refractivity contribution is 7.88. The van der Waals surface area contributed by atoms with Gasteiger partial charge in [0.15, 0.2) is 0 Å². The van der Waals surface area contributed by atoms with Crippen molar-refractivity contribution >= 4 is 15.9 Å². The van der Waals surface area contributed by atoms with Gasteiger partial charge in [-0.3, -0.25) is 4.79 Å². The van der Waals surface area contributed by atoms with E-state index in [-0.39, 0.29) is 25.1 Å². The SMILES string of the molecule is CCc1ncc(C(=O)NC[C@@H]2CN(S(C)(=O)=O)CCO2)cn1. The molecule has 1 fully saturated rings. The lowest BCUT2D eigenvalue weighted by atomic mass is 10.2. The highest BCUT2D eigenvalue weighted by Gasteiger charge is 2.26. The summed E-state index contributed by atoms with van der Waals surface area (Å²) in [5, 5.41) is 2.71. The van der Waals surface area contributed by atoms with Crippen LogP contribution in [0.15, 0.2) is 12.4 Å². The van der Waals surface area contributed by atoms with Crippen molar-refractivity contribution in [2.75, 3.05) is 32.5 Å². The van der Waals surface area contributed by atoms with Gasteiger partial charge in [0, 0.05) is 38.4 Å². The molecule has 1 atom stereocenters. The summed E-state index contributed by atoms with van der Waals surface area (Å²) in [4.78, 5) is 20.1. The zero-order valence-corrected chi connectivity index (χ0v) is 13.5. The molecule has 0 bridgehead atoms. The highest BCUT2D eigenvalue weighted by atomic mass is 32.2. The van der Waals surface area contributed by atoms with Crippen molar-refractivity contribution in [2.24, 2.45) is 0 Å². The number of aromatic nitrogens is 2. The van der Waals surface area contributed by atoms with E-state index in [9.17, 15) is 13.2 Å². The smallest absolute Gasteiger partial charge is 0.254 e. The van der Waals surface area contributed by atoms with Gasteiger partial charge in [-0.25, -0.2) is 18.4 Å². The second-order valence-electron chi connectivity index (χ2n) is 5.07. The van der Waals surface area contributed by atoms with Crippen LogP contribution in [0.2, 0.25) is 0 Å². The molecule has 9 heteroatoms. The first kappa shape index (κ1) is 16.8. The molecule has 0 aliphatic carbocycles. The Labute approximate surface area is 129 Å². The molecule has 2 rings (SSSR count). The lowest BCUT2D eigenvalue weighted by molar-refractivity contribution is 0.000434. The Morgan fingerprint density at radius 1 is 1.45 bits per heavy atom. The minimum Gasteiger partial charge on any atom is -0.374 e. The van der Waals surface area contributed by atoms with Gasteiger partial charge in [0.05, 0.1) is 24.5 Å². The second kappa shape index (κ2) is 7.12. The largest absolute Gasteiger partial charge is 0.374 e. The monoisotopic (exact) mass is 328 g/mol. The van der Waals surface area contributed by atoms with Gasteiger partial charge < -0.3 is 10.1 Å². The van der Waals surface area contributed by atoms with Crippen LogP contribution >= 0.6 is 0 Å². The second-order valence-corrected chi connectivity index (χ2v) is 7.05. The Hall–Kier alpha value is -1.58. The van der Waals surface area contributed by atoms with E-state index in [2.05, 4.69) is 15.3 Å². The van der Waals surface area contributed by atoms with Crippen LogP contribution in [-0.4, -0.2) is 67.2 Å². The Morgan fingerprint density at radius 2 is 2.14 bits per heavy atom. The number of carbonyl (C=O) groups excluding carboxylic acids is 1. The Morgan fingerprint density at radius 3 is 2.73 bits per heavy atom. The van der Waals surface area contributed by atoms with Crippen molar-refractivity contribution in [3.8, 4) is 0 Å². The molecule has 2 heterocycles. The molecular formula is C13H20N4O4S. The number of sulfonamides is 1. The lowest BCUT2D eigenvalue weighted by Gasteiger charge is -2.31. The molecule has 1 aliphatic heterocycles. The number of ether oxygens (including phenoxy) is 1. The molecule has 1 aliphatic rings. The summed E-state index contributed by atoms with van der Waals surface area (Å²) in [7, 11) is -3.24. The molecule has 1 saturated heterocycles. The van der Waals surface area contributed by atoms with Crippen molar-refractivity contribution in [1.29, 1.82) is 0 Å². The lowest BCUT2D eigenvalue weighted by Crippen LogP contribution is -2.49. The maximum Gasteiger partial charge on any atom is 0.254 e. The van der Waals surface area contributed by atoms with Crippen molar-refractivity contribution in [1.82, 2.24) is 19.6 Å². The zero-order chi connectivity index (χ0) is 16.2. The van der Waals surface area contributed by atoms with Gasteiger partial charge in [0.1, 0.15) is 5.82 Å². The first-order valence-electron chi connectivity index (χ1n) is 7.06. The fourth-order valence-electron chi connectivity index (χ4n) is 2.08. The van der Waals surface area contributed by atoms with Crippen LogP contribution < -0.4 is 5.32 Å². The minimum atomic E-state index is -3.24. The Balaban J connectivity index is 1.87. The summed E-state index contributed by atoms with van der Waals surface area (Å²) in [5.41, 5.74) is 0.368. The van der Waals surface area contributed by atoms with Gasteiger partial charge in [-0.1, -0.05) is 6.92 Å². The number of nitrogens with one attached hydrogen (secondary N) is 1. The molecular weight excluding hydrogens is 308 g/mol. The summed E-state index contributed by atoms with van der Waals surface area (Å²) in [6.07, 6.45) is 4.47. The molecule has 1 aromatic rings. The van der Waals surface area contributed by atoms with Gasteiger partial charge in [0.25, 0.3) is 5.91 Å². The third kappa shape index (κ3) is 4.46. The number of morpholine rings is 1. The van der Waals surface area contributed by atoms with Crippen LogP contribution in [0, 0.1) is 0 Å². The maximum absolute atomic E-state index is 12.0. The van der Waals surface area contributed by atoms with Crippen molar-refractivity contribution in [2.45, 2.75) is 19.4 Å². The predicted octanol–water partition coefficient (Wildman–Crippen LogP) is -0.571. The van der Waals surface area contributed by atoms with Crippen LogP contribution in [0.4, 0.5) is 0 Å². The number of aryl methyl sites for hydroxylation is 1. The fourth-order valence-corrected chi connectivity index (χ4v) is 2.92. The quantitative estimate of drug-likeness (QED) is 0.777. The van der Waals surface area contributed by atoms with Crippen LogP contribution in [0.25, 0.3) is 0 Å². The van der Waals surface area contributed by atoms with E-state index in [1.54, 1.807) is 0 Å². The van der Waals surface area contributed by atoms with Crippen LogP contribution in [0.5, 0.6) is 0 Å². The molecule has 0 radical (unpaired) electrons. The Kier molecular flexibility index (Phi) is 5.43. The normalized spacial score (nSPS) is 19.8. The van der Waals surface area contributed by atoms with E-state index in [0.717, 1.165) is 0 Å². The molecule has 0 saturated carbocycles. The van der Waals surface area contributed by atoms with Gasteiger partial charge in [-0.15, -0.1) is 0 Å². The zero-order valence-electron chi connectivity index (χ0n) is 12.7. The van der Waals surface area contributed by atoms with Crippen molar-refractivity contribution in [3.05, 3.63) is 23.8 Å². The molecule has 1 N–H and O–H groups in total. The molecule has 1 aromatic heterocycles. The average molecular weight is 328 g/mol. The third-order valence-electron chi connectivity index (χ3n) is 3.34. The molecule has 22 heavy (non-hydrogen) atoms. The van der Waals surface area contributed by atoms with Gasteiger partial charge in [0.2, 0.25) is 10.0 Å². The van der Waals surface area contributed by atoms with Gasteiger partial charge in [-0.05, 0) is 0 Å². The molecule has 1 amide bonds. The predicted molar refractivity (Wildman–Crippen MR) is 79.9 cm³/mol. The number of hydrogen-bond donors (Lipinski definition) is 1. The van der Waals surface area contributed by atoms with Crippen LogP contribution in [0.3, 0.4) is 0 Å². The summed E-state index contributed by atoms with van der Waals surface area (Å²) in [5.74, 6) is 0.374. The molecule has 8 nitrogen and oxygen atoms in total. The fraction of sp³-hybridized carbons (Fsp3) is 0.615. The van der Waals surface area contributed by atoms with E-state index in [4.69, 9.17) is 4.74 Å². The van der Waals surface area contributed by atoms with E-state index < -0.39 is 10.0 Å². The number of rotatable bonds is 5. The van der Waals surface area contributed by atoms with Crippen LogP contribution in [0.1, 0.15) is 23.1 Å². The number of carbonyl (C=O) groups is 1. The van der Waals surface area contributed by atoms with E-state index in [1.807, 2.05) is 6.92 Å². The third-order valence-corrected chi connectivity index (χ3v) is 4.61. The maximum atomic E-state index is 12.0. The summed E-state index contributed by atoms with van der Waals surface area (Å²) < 4.78 is 29.9. The minimum absolute atomic E-state index is 0.236. The molecule has 122 valence electrons. The molecule has 0 spiro atoms. The van der Waals surface area contributed by atoms with E-state index >= 15 is 0 Å². The number of nitrogens with zero attached hydrogens (tertiary/aromatic N) is 3. The van der Waals surface area contributed by atoms with Gasteiger partial charge in [-0.2, -0.15) is 4.31 Å². The van der Waals surface area contributed by atoms with Crippen molar-refractivity contribution in [3.63, 3.8) is 0 Å².